The fourth-order valence-electron chi connectivity index (χ4n) is 4.46. The number of nitrogens with zero attached hydrogens (tertiary/aromatic N) is 3. The van der Waals surface area contributed by atoms with E-state index in [0.717, 1.165) is 29.9 Å². The molecule has 0 saturated carbocycles. The molecule has 0 unspecified atom stereocenters. The van der Waals surface area contributed by atoms with Crippen molar-refractivity contribution < 1.29 is 9.53 Å². The number of aromatic nitrogens is 2. The third-order valence-corrected chi connectivity index (χ3v) is 6.23. The van der Waals surface area contributed by atoms with E-state index >= 15 is 0 Å². The molecule has 1 aliphatic rings. The summed E-state index contributed by atoms with van der Waals surface area (Å²) in [5, 5.41) is 3.11. The number of carbonyl (C=O) groups excluding carboxylic acids is 1. The quantitative estimate of drug-likeness (QED) is 0.618. The second-order valence-electron chi connectivity index (χ2n) is 8.19. The molecule has 0 spiro atoms. The number of likely N-dealkylation sites (tertiary alicyclic amines) is 1. The van der Waals surface area contributed by atoms with E-state index in [-0.39, 0.29) is 17.5 Å². The van der Waals surface area contributed by atoms with Crippen molar-refractivity contribution in [3.63, 3.8) is 0 Å². The number of rotatable bonds is 7. The smallest absolute Gasteiger partial charge is 0.272 e. The SMILES string of the molecule is CCn1c(=O)c(C)nc2cc(C(=O)NC[C@H](c3ccc(OC)cc3)N3CCCC3)ccc21. The second-order valence-corrected chi connectivity index (χ2v) is 8.19. The molecular formula is C25H30N4O3. The fraction of sp³-hybridized carbons (Fsp3) is 0.400. The topological polar surface area (TPSA) is 76.5 Å². The van der Waals surface area contributed by atoms with Gasteiger partial charge in [-0.2, -0.15) is 0 Å². The second kappa shape index (κ2) is 9.53. The van der Waals surface area contributed by atoms with Crippen LogP contribution in [0.4, 0.5) is 0 Å². The molecule has 7 nitrogen and oxygen atoms in total. The van der Waals surface area contributed by atoms with Crippen LogP contribution in [0, 0.1) is 6.92 Å². The van der Waals surface area contributed by atoms with Gasteiger partial charge in [0.05, 0.1) is 24.2 Å². The molecule has 168 valence electrons. The lowest BCUT2D eigenvalue weighted by Gasteiger charge is -2.28. The van der Waals surface area contributed by atoms with Gasteiger partial charge in [0.2, 0.25) is 0 Å². The van der Waals surface area contributed by atoms with E-state index in [9.17, 15) is 9.59 Å². The summed E-state index contributed by atoms with van der Waals surface area (Å²) in [6.45, 7) is 6.77. The summed E-state index contributed by atoms with van der Waals surface area (Å²) in [5.41, 5.74) is 3.45. The van der Waals surface area contributed by atoms with Gasteiger partial charge in [-0.15, -0.1) is 0 Å². The van der Waals surface area contributed by atoms with Crippen LogP contribution in [0.5, 0.6) is 5.75 Å². The number of aryl methyl sites for hydroxylation is 2. The first-order valence-corrected chi connectivity index (χ1v) is 11.2. The van der Waals surface area contributed by atoms with E-state index in [1.54, 1.807) is 30.7 Å². The summed E-state index contributed by atoms with van der Waals surface area (Å²) in [4.78, 5) is 32.2. The van der Waals surface area contributed by atoms with Gasteiger partial charge in [-0.3, -0.25) is 14.5 Å². The van der Waals surface area contributed by atoms with Gasteiger partial charge in [0, 0.05) is 18.7 Å². The molecule has 3 aromatic rings. The Morgan fingerprint density at radius 3 is 2.53 bits per heavy atom. The van der Waals surface area contributed by atoms with Crippen LogP contribution in [0.25, 0.3) is 11.0 Å². The Kier molecular flexibility index (Phi) is 6.55. The van der Waals surface area contributed by atoms with Crippen molar-refractivity contribution >= 4 is 16.9 Å². The van der Waals surface area contributed by atoms with Crippen LogP contribution < -0.4 is 15.6 Å². The number of ether oxygens (including phenoxy) is 1. The lowest BCUT2D eigenvalue weighted by Crippen LogP contribution is -2.36. The number of fused-ring (bicyclic) bond motifs is 1. The molecule has 0 aliphatic carbocycles. The molecule has 1 fully saturated rings. The Morgan fingerprint density at radius 2 is 1.88 bits per heavy atom. The van der Waals surface area contributed by atoms with Gasteiger partial charge in [-0.05, 0) is 75.7 Å². The van der Waals surface area contributed by atoms with E-state index < -0.39 is 0 Å². The summed E-state index contributed by atoms with van der Waals surface area (Å²) >= 11 is 0. The highest BCUT2D eigenvalue weighted by molar-refractivity contribution is 5.97. The third kappa shape index (κ3) is 4.39. The van der Waals surface area contributed by atoms with Crippen molar-refractivity contribution in [3.05, 3.63) is 69.6 Å². The molecule has 1 aromatic heterocycles. The lowest BCUT2D eigenvalue weighted by molar-refractivity contribution is 0.0938. The van der Waals surface area contributed by atoms with Crippen LogP contribution in [-0.4, -0.2) is 47.1 Å². The molecule has 4 rings (SSSR count). The van der Waals surface area contributed by atoms with E-state index in [2.05, 4.69) is 27.3 Å². The summed E-state index contributed by atoms with van der Waals surface area (Å²) in [6, 6.07) is 13.5. The van der Waals surface area contributed by atoms with Gasteiger partial charge in [-0.1, -0.05) is 12.1 Å². The number of hydrogen-bond donors (Lipinski definition) is 1. The van der Waals surface area contributed by atoms with Crippen molar-refractivity contribution in [2.75, 3.05) is 26.7 Å². The molecule has 7 heteroatoms. The molecule has 1 atom stereocenters. The standard InChI is InChI=1S/C25H30N4O3/c1-4-29-22-12-9-19(15-21(22)27-17(2)25(29)31)24(30)26-16-23(28-13-5-6-14-28)18-7-10-20(32-3)11-8-18/h7-12,15,23H,4-6,13-14,16H2,1-3H3,(H,26,30)/t23-/m1/s1. The highest BCUT2D eigenvalue weighted by Gasteiger charge is 2.24. The Morgan fingerprint density at radius 1 is 1.16 bits per heavy atom. The van der Waals surface area contributed by atoms with Crippen molar-refractivity contribution in [2.24, 2.45) is 0 Å². The van der Waals surface area contributed by atoms with Gasteiger partial charge < -0.3 is 14.6 Å². The Labute approximate surface area is 188 Å². The Hall–Kier alpha value is -3.19. The molecule has 1 aliphatic heterocycles. The van der Waals surface area contributed by atoms with E-state index in [0.29, 0.717) is 29.9 Å². The highest BCUT2D eigenvalue weighted by Crippen LogP contribution is 2.26. The first-order chi connectivity index (χ1) is 15.5. The zero-order valence-corrected chi connectivity index (χ0v) is 18.9. The molecule has 1 N–H and O–H groups in total. The average molecular weight is 435 g/mol. The predicted octanol–water partition coefficient (Wildman–Crippen LogP) is 3.30. The number of hydrogen-bond acceptors (Lipinski definition) is 5. The Balaban J connectivity index is 1.55. The van der Waals surface area contributed by atoms with Crippen molar-refractivity contribution in [1.29, 1.82) is 0 Å². The first kappa shape index (κ1) is 22.0. The first-order valence-electron chi connectivity index (χ1n) is 11.2. The van der Waals surface area contributed by atoms with Gasteiger partial charge in [0.1, 0.15) is 11.4 Å². The summed E-state index contributed by atoms with van der Waals surface area (Å²) in [7, 11) is 1.66. The van der Waals surface area contributed by atoms with Crippen LogP contribution in [0.3, 0.4) is 0 Å². The molecule has 0 radical (unpaired) electrons. The van der Waals surface area contributed by atoms with Gasteiger partial charge in [0.15, 0.2) is 0 Å². The molecule has 1 amide bonds. The fourth-order valence-corrected chi connectivity index (χ4v) is 4.46. The molecule has 0 bridgehead atoms. The van der Waals surface area contributed by atoms with Gasteiger partial charge in [-0.25, -0.2) is 4.98 Å². The summed E-state index contributed by atoms with van der Waals surface area (Å²) in [5.74, 6) is 0.681. The third-order valence-electron chi connectivity index (χ3n) is 6.23. The van der Waals surface area contributed by atoms with Crippen LogP contribution in [-0.2, 0) is 6.54 Å². The van der Waals surface area contributed by atoms with E-state index in [1.807, 2.05) is 25.1 Å². The summed E-state index contributed by atoms with van der Waals surface area (Å²) < 4.78 is 6.97. The van der Waals surface area contributed by atoms with Gasteiger partial charge >= 0.3 is 0 Å². The number of benzene rings is 2. The average Bonchev–Trinajstić information content (AvgIpc) is 3.34. The zero-order chi connectivity index (χ0) is 22.7. The van der Waals surface area contributed by atoms with Crippen molar-refractivity contribution in [1.82, 2.24) is 19.8 Å². The molecule has 32 heavy (non-hydrogen) atoms. The minimum atomic E-state index is -0.140. The molecule has 2 heterocycles. The highest BCUT2D eigenvalue weighted by atomic mass is 16.5. The monoisotopic (exact) mass is 434 g/mol. The van der Waals surface area contributed by atoms with Crippen molar-refractivity contribution in [2.45, 2.75) is 39.3 Å². The number of amides is 1. The van der Waals surface area contributed by atoms with E-state index in [1.165, 1.54) is 12.8 Å². The van der Waals surface area contributed by atoms with Crippen LogP contribution in [0.15, 0.2) is 47.3 Å². The van der Waals surface area contributed by atoms with Crippen LogP contribution in [0.1, 0.15) is 47.4 Å². The maximum atomic E-state index is 13.0. The number of carbonyl (C=O) groups is 1. The Bertz CT molecular complexity index is 1160. The lowest BCUT2D eigenvalue weighted by atomic mass is 10.0. The minimum Gasteiger partial charge on any atom is -0.497 e. The normalized spacial score (nSPS) is 15.1. The van der Waals surface area contributed by atoms with Gasteiger partial charge in [0.25, 0.3) is 11.5 Å². The largest absolute Gasteiger partial charge is 0.497 e. The molecule has 2 aromatic carbocycles. The van der Waals surface area contributed by atoms with E-state index in [4.69, 9.17) is 4.74 Å². The number of nitrogens with one attached hydrogen (secondary N) is 1. The molecule has 1 saturated heterocycles. The predicted molar refractivity (Wildman–Crippen MR) is 125 cm³/mol. The maximum absolute atomic E-state index is 13.0. The minimum absolute atomic E-state index is 0.0925. The maximum Gasteiger partial charge on any atom is 0.272 e. The zero-order valence-electron chi connectivity index (χ0n) is 18.9. The van der Waals surface area contributed by atoms with Crippen LogP contribution in [0.2, 0.25) is 0 Å². The summed E-state index contributed by atoms with van der Waals surface area (Å²) in [6.07, 6.45) is 2.35. The van der Waals surface area contributed by atoms with Crippen molar-refractivity contribution in [3.8, 4) is 5.75 Å². The van der Waals surface area contributed by atoms with Crippen LogP contribution >= 0.6 is 0 Å². The molecular weight excluding hydrogens is 404 g/mol. The number of methoxy groups -OCH3 is 1.